The van der Waals surface area contributed by atoms with Crippen LogP contribution in [0.15, 0.2) is 48.5 Å². The van der Waals surface area contributed by atoms with Crippen molar-refractivity contribution in [3.05, 3.63) is 69.7 Å². The highest BCUT2D eigenvalue weighted by atomic mass is 35.5. The predicted molar refractivity (Wildman–Crippen MR) is 80.7 cm³/mol. The highest BCUT2D eigenvalue weighted by molar-refractivity contribution is 6.36. The molecule has 1 amide bonds. The van der Waals surface area contributed by atoms with Gasteiger partial charge in [0.2, 0.25) is 0 Å². The van der Waals surface area contributed by atoms with E-state index in [9.17, 15) is 14.7 Å². The van der Waals surface area contributed by atoms with E-state index in [1.165, 1.54) is 18.2 Å². The van der Waals surface area contributed by atoms with Crippen molar-refractivity contribution in [2.24, 2.45) is 0 Å². The van der Waals surface area contributed by atoms with Gasteiger partial charge in [0.15, 0.2) is 6.04 Å². The maximum atomic E-state index is 12.2. The molecule has 0 aliphatic rings. The van der Waals surface area contributed by atoms with Gasteiger partial charge in [0, 0.05) is 5.02 Å². The summed E-state index contributed by atoms with van der Waals surface area (Å²) in [5.74, 6) is -1.73. The summed E-state index contributed by atoms with van der Waals surface area (Å²) >= 11 is 11.7. The Balaban J connectivity index is 2.25. The van der Waals surface area contributed by atoms with Gasteiger partial charge in [0.25, 0.3) is 5.91 Å². The Morgan fingerprint density at radius 3 is 2.29 bits per heavy atom. The van der Waals surface area contributed by atoms with Gasteiger partial charge < -0.3 is 10.4 Å². The van der Waals surface area contributed by atoms with E-state index in [2.05, 4.69) is 5.32 Å². The van der Waals surface area contributed by atoms with Crippen LogP contribution in [0.5, 0.6) is 0 Å². The van der Waals surface area contributed by atoms with Crippen LogP contribution < -0.4 is 5.32 Å². The number of carbonyl (C=O) groups excluding carboxylic acids is 1. The monoisotopic (exact) mass is 323 g/mol. The second-order valence-electron chi connectivity index (χ2n) is 4.28. The maximum Gasteiger partial charge on any atom is 0.330 e. The molecule has 0 radical (unpaired) electrons. The van der Waals surface area contributed by atoms with Gasteiger partial charge in [-0.2, -0.15) is 0 Å². The number of halogens is 2. The second kappa shape index (κ2) is 6.61. The molecule has 0 aromatic heterocycles. The van der Waals surface area contributed by atoms with Crippen LogP contribution in [-0.2, 0) is 4.79 Å². The number of aliphatic carboxylic acids is 1. The zero-order valence-corrected chi connectivity index (χ0v) is 12.2. The third-order valence-electron chi connectivity index (χ3n) is 2.83. The van der Waals surface area contributed by atoms with Crippen LogP contribution >= 0.6 is 23.2 Å². The van der Waals surface area contributed by atoms with E-state index in [0.29, 0.717) is 10.6 Å². The number of hydrogen-bond acceptors (Lipinski definition) is 2. The van der Waals surface area contributed by atoms with Crippen LogP contribution in [0, 0.1) is 0 Å². The molecule has 0 saturated carbocycles. The van der Waals surface area contributed by atoms with E-state index < -0.39 is 17.9 Å². The highest BCUT2D eigenvalue weighted by Gasteiger charge is 2.23. The molecule has 108 valence electrons. The minimum absolute atomic E-state index is 0.164. The SMILES string of the molecule is O=C(N[C@H](C(=O)O)c1ccccc1)c1ccc(Cl)cc1Cl. The van der Waals surface area contributed by atoms with Crippen molar-refractivity contribution in [2.45, 2.75) is 6.04 Å². The lowest BCUT2D eigenvalue weighted by Gasteiger charge is -2.15. The molecule has 4 nitrogen and oxygen atoms in total. The van der Waals surface area contributed by atoms with Gasteiger partial charge in [0.1, 0.15) is 0 Å². The molecule has 0 aliphatic heterocycles. The number of rotatable bonds is 4. The molecule has 2 aromatic rings. The molecule has 2 rings (SSSR count). The largest absolute Gasteiger partial charge is 0.479 e. The average molecular weight is 324 g/mol. The predicted octanol–water partition coefficient (Wildman–Crippen LogP) is 3.55. The van der Waals surface area contributed by atoms with Gasteiger partial charge in [-0.25, -0.2) is 4.79 Å². The number of carboxylic acid groups (broad SMARTS) is 1. The molecule has 2 N–H and O–H groups in total. The molecule has 1 atom stereocenters. The van der Waals surface area contributed by atoms with Crippen LogP contribution in [0.4, 0.5) is 0 Å². The van der Waals surface area contributed by atoms with Crippen molar-refractivity contribution in [3.8, 4) is 0 Å². The minimum atomic E-state index is -1.15. The molecule has 2 aromatic carbocycles. The van der Waals surface area contributed by atoms with Crippen LogP contribution in [0.1, 0.15) is 22.0 Å². The molecule has 0 heterocycles. The van der Waals surface area contributed by atoms with Crippen molar-refractivity contribution < 1.29 is 14.7 Å². The molecule has 0 aliphatic carbocycles. The van der Waals surface area contributed by atoms with Crippen molar-refractivity contribution in [3.63, 3.8) is 0 Å². The van der Waals surface area contributed by atoms with E-state index in [-0.39, 0.29) is 10.6 Å². The first-order chi connectivity index (χ1) is 9.99. The third-order valence-corrected chi connectivity index (χ3v) is 3.38. The zero-order chi connectivity index (χ0) is 15.4. The Kier molecular flexibility index (Phi) is 4.83. The molecular weight excluding hydrogens is 313 g/mol. The number of amides is 1. The fourth-order valence-electron chi connectivity index (χ4n) is 1.82. The number of benzene rings is 2. The molecular formula is C15H11Cl2NO3. The highest BCUT2D eigenvalue weighted by Crippen LogP contribution is 2.22. The number of hydrogen-bond donors (Lipinski definition) is 2. The van der Waals surface area contributed by atoms with Crippen LogP contribution in [0.25, 0.3) is 0 Å². The summed E-state index contributed by atoms with van der Waals surface area (Å²) in [6.07, 6.45) is 0. The van der Waals surface area contributed by atoms with Crippen molar-refractivity contribution in [1.82, 2.24) is 5.32 Å². The van der Waals surface area contributed by atoms with Crippen molar-refractivity contribution in [1.29, 1.82) is 0 Å². The number of carbonyl (C=O) groups is 2. The summed E-state index contributed by atoms with van der Waals surface area (Å²) < 4.78 is 0. The number of carboxylic acids is 1. The van der Waals surface area contributed by atoms with Gasteiger partial charge in [-0.1, -0.05) is 53.5 Å². The minimum Gasteiger partial charge on any atom is -0.479 e. The standard InChI is InChI=1S/C15H11Cl2NO3/c16-10-6-7-11(12(17)8-10)14(19)18-13(15(20)21)9-4-2-1-3-5-9/h1-8,13H,(H,18,19)(H,20,21)/t13-/m0/s1. The zero-order valence-electron chi connectivity index (χ0n) is 10.7. The molecule has 0 bridgehead atoms. The molecule has 0 spiro atoms. The Bertz CT molecular complexity index is 674. The van der Waals surface area contributed by atoms with E-state index in [0.717, 1.165) is 0 Å². The molecule has 0 fully saturated rings. The molecule has 0 unspecified atom stereocenters. The second-order valence-corrected chi connectivity index (χ2v) is 5.12. The molecule has 21 heavy (non-hydrogen) atoms. The van der Waals surface area contributed by atoms with Gasteiger partial charge >= 0.3 is 5.97 Å². The van der Waals surface area contributed by atoms with Crippen molar-refractivity contribution >= 4 is 35.1 Å². The fraction of sp³-hybridized carbons (Fsp3) is 0.0667. The Morgan fingerprint density at radius 1 is 1.05 bits per heavy atom. The summed E-state index contributed by atoms with van der Waals surface area (Å²) in [5.41, 5.74) is 0.645. The van der Waals surface area contributed by atoms with Crippen LogP contribution in [0.3, 0.4) is 0 Å². The lowest BCUT2D eigenvalue weighted by molar-refractivity contribution is -0.139. The first-order valence-electron chi connectivity index (χ1n) is 6.02. The van der Waals surface area contributed by atoms with E-state index in [4.69, 9.17) is 23.2 Å². The van der Waals surface area contributed by atoms with Gasteiger partial charge in [-0.05, 0) is 23.8 Å². The lowest BCUT2D eigenvalue weighted by atomic mass is 10.1. The number of nitrogens with one attached hydrogen (secondary N) is 1. The fourth-order valence-corrected chi connectivity index (χ4v) is 2.31. The van der Waals surface area contributed by atoms with Gasteiger partial charge in [-0.15, -0.1) is 0 Å². The Labute approximate surface area is 131 Å². The molecule has 0 saturated heterocycles. The van der Waals surface area contributed by atoms with E-state index in [1.54, 1.807) is 30.3 Å². The van der Waals surface area contributed by atoms with E-state index >= 15 is 0 Å². The Morgan fingerprint density at radius 2 is 1.71 bits per heavy atom. The Hall–Kier alpha value is -2.04. The van der Waals surface area contributed by atoms with Crippen LogP contribution in [-0.4, -0.2) is 17.0 Å². The van der Waals surface area contributed by atoms with Gasteiger partial charge in [-0.3, -0.25) is 4.79 Å². The summed E-state index contributed by atoms with van der Waals surface area (Å²) in [4.78, 5) is 23.5. The van der Waals surface area contributed by atoms with Crippen molar-refractivity contribution in [2.75, 3.05) is 0 Å². The lowest BCUT2D eigenvalue weighted by Crippen LogP contribution is -2.33. The summed E-state index contributed by atoms with van der Waals surface area (Å²) in [6.45, 7) is 0. The maximum absolute atomic E-state index is 12.2. The topological polar surface area (TPSA) is 66.4 Å². The summed E-state index contributed by atoms with van der Waals surface area (Å²) in [6, 6.07) is 11.7. The molecule has 6 heteroatoms. The quantitative estimate of drug-likeness (QED) is 0.904. The first kappa shape index (κ1) is 15.4. The summed E-state index contributed by atoms with van der Waals surface area (Å²) in [7, 11) is 0. The average Bonchev–Trinajstić information content (AvgIpc) is 2.45. The summed E-state index contributed by atoms with van der Waals surface area (Å²) in [5, 5.41) is 12.3. The first-order valence-corrected chi connectivity index (χ1v) is 6.78. The smallest absolute Gasteiger partial charge is 0.330 e. The van der Waals surface area contributed by atoms with Gasteiger partial charge in [0.05, 0.1) is 10.6 Å². The third kappa shape index (κ3) is 3.74. The van der Waals surface area contributed by atoms with E-state index in [1.807, 2.05) is 0 Å². The normalized spacial score (nSPS) is 11.7. The van der Waals surface area contributed by atoms with Crippen LogP contribution in [0.2, 0.25) is 10.0 Å².